The number of carbonyl (C=O) groups is 1. The number of carbonyl (C=O) groups excluding carboxylic acids is 1. The number of halogens is 2. The standard InChI is InChI=1S/C13H11BrClN3O/c14-8-5-11(18(7-8)10-1-2-10)13(19)17-12-6-9(15)3-4-16-12/h3-7,10H,1-2H2,(H,16,17,19). The summed E-state index contributed by atoms with van der Waals surface area (Å²) in [7, 11) is 0. The number of nitrogens with one attached hydrogen (secondary N) is 1. The molecule has 0 bridgehead atoms. The van der Waals surface area contributed by atoms with Gasteiger partial charge in [-0.2, -0.15) is 0 Å². The second-order valence-corrected chi connectivity index (χ2v) is 5.85. The molecule has 1 aliphatic carbocycles. The molecule has 1 amide bonds. The Kier molecular flexibility index (Phi) is 3.33. The molecule has 1 aliphatic rings. The summed E-state index contributed by atoms with van der Waals surface area (Å²) in [6.07, 6.45) is 5.75. The van der Waals surface area contributed by atoms with E-state index in [0.29, 0.717) is 22.6 Å². The van der Waals surface area contributed by atoms with Crippen LogP contribution in [0.15, 0.2) is 35.1 Å². The van der Waals surface area contributed by atoms with Gasteiger partial charge >= 0.3 is 0 Å². The SMILES string of the molecule is O=C(Nc1cc(Cl)ccn1)c1cc(Br)cn1C1CC1. The first-order chi connectivity index (χ1) is 9.13. The van der Waals surface area contributed by atoms with Crippen LogP contribution in [-0.2, 0) is 0 Å². The van der Waals surface area contributed by atoms with E-state index in [1.807, 2.05) is 16.8 Å². The summed E-state index contributed by atoms with van der Waals surface area (Å²) in [5.41, 5.74) is 0.635. The summed E-state index contributed by atoms with van der Waals surface area (Å²) in [5, 5.41) is 3.30. The number of hydrogen-bond donors (Lipinski definition) is 1. The van der Waals surface area contributed by atoms with E-state index in [4.69, 9.17) is 11.6 Å². The number of pyridine rings is 1. The number of nitrogens with zero attached hydrogens (tertiary/aromatic N) is 2. The Labute approximate surface area is 123 Å². The van der Waals surface area contributed by atoms with E-state index in [0.717, 1.165) is 17.3 Å². The Morgan fingerprint density at radius 3 is 2.95 bits per heavy atom. The van der Waals surface area contributed by atoms with Gasteiger partial charge in [-0.3, -0.25) is 4.79 Å². The molecule has 2 heterocycles. The minimum atomic E-state index is -0.174. The van der Waals surface area contributed by atoms with E-state index in [-0.39, 0.29) is 5.91 Å². The molecule has 0 unspecified atom stereocenters. The van der Waals surface area contributed by atoms with Crippen molar-refractivity contribution >= 4 is 39.3 Å². The second-order valence-electron chi connectivity index (χ2n) is 4.50. The van der Waals surface area contributed by atoms with Gasteiger partial charge in [-0.15, -0.1) is 0 Å². The minimum Gasteiger partial charge on any atom is -0.339 e. The maximum absolute atomic E-state index is 12.3. The third-order valence-corrected chi connectivity index (χ3v) is 3.62. The molecule has 19 heavy (non-hydrogen) atoms. The Morgan fingerprint density at radius 2 is 2.26 bits per heavy atom. The fraction of sp³-hybridized carbons (Fsp3) is 0.231. The first-order valence-corrected chi connectivity index (χ1v) is 7.11. The molecule has 3 rings (SSSR count). The van der Waals surface area contributed by atoms with Gasteiger partial charge in [-0.25, -0.2) is 4.98 Å². The highest BCUT2D eigenvalue weighted by Gasteiger charge is 2.27. The third-order valence-electron chi connectivity index (χ3n) is 2.95. The van der Waals surface area contributed by atoms with Gasteiger partial charge in [0.1, 0.15) is 11.5 Å². The number of amides is 1. The zero-order chi connectivity index (χ0) is 13.4. The van der Waals surface area contributed by atoms with E-state index in [9.17, 15) is 4.79 Å². The lowest BCUT2D eigenvalue weighted by Crippen LogP contribution is -2.17. The van der Waals surface area contributed by atoms with Gasteiger partial charge < -0.3 is 9.88 Å². The molecule has 0 saturated heterocycles. The normalized spacial score (nSPS) is 14.4. The van der Waals surface area contributed by atoms with Crippen LogP contribution in [0.5, 0.6) is 0 Å². The Balaban J connectivity index is 1.84. The summed E-state index contributed by atoms with van der Waals surface area (Å²) in [6, 6.07) is 5.55. The van der Waals surface area contributed by atoms with Crippen molar-refractivity contribution in [3.8, 4) is 0 Å². The monoisotopic (exact) mass is 339 g/mol. The predicted octanol–water partition coefficient (Wildman–Crippen LogP) is 3.89. The lowest BCUT2D eigenvalue weighted by atomic mass is 10.3. The molecule has 0 atom stereocenters. The van der Waals surface area contributed by atoms with Gasteiger partial charge in [0.2, 0.25) is 0 Å². The van der Waals surface area contributed by atoms with Gasteiger partial charge in [-0.1, -0.05) is 11.6 Å². The molecule has 2 aromatic rings. The van der Waals surface area contributed by atoms with Gasteiger partial charge in [0.15, 0.2) is 0 Å². The van der Waals surface area contributed by atoms with Crippen LogP contribution >= 0.6 is 27.5 Å². The van der Waals surface area contributed by atoms with Crippen LogP contribution in [0.2, 0.25) is 5.02 Å². The van der Waals surface area contributed by atoms with Crippen LogP contribution in [0, 0.1) is 0 Å². The van der Waals surface area contributed by atoms with E-state index in [2.05, 4.69) is 26.2 Å². The predicted molar refractivity (Wildman–Crippen MR) is 77.6 cm³/mol. The fourth-order valence-corrected chi connectivity index (χ4v) is 2.53. The molecule has 0 aromatic carbocycles. The summed E-state index contributed by atoms with van der Waals surface area (Å²) < 4.78 is 2.91. The molecular formula is C13H11BrClN3O. The van der Waals surface area contributed by atoms with Gasteiger partial charge in [0, 0.05) is 27.9 Å². The second kappa shape index (κ2) is 4.98. The molecule has 2 aromatic heterocycles. The molecule has 1 N–H and O–H groups in total. The zero-order valence-corrected chi connectivity index (χ0v) is 12.3. The third kappa shape index (κ3) is 2.82. The molecule has 1 fully saturated rings. The van der Waals surface area contributed by atoms with Crippen LogP contribution in [0.1, 0.15) is 29.4 Å². The number of rotatable bonds is 3. The molecule has 98 valence electrons. The topological polar surface area (TPSA) is 46.9 Å². The van der Waals surface area contributed by atoms with Gasteiger partial charge in [0.25, 0.3) is 5.91 Å². The average Bonchev–Trinajstić information content (AvgIpc) is 3.12. The summed E-state index contributed by atoms with van der Waals surface area (Å²) in [5.74, 6) is 0.282. The quantitative estimate of drug-likeness (QED) is 0.921. The van der Waals surface area contributed by atoms with Crippen molar-refractivity contribution < 1.29 is 4.79 Å². The highest BCUT2D eigenvalue weighted by atomic mass is 79.9. The van der Waals surface area contributed by atoms with Gasteiger partial charge in [0.05, 0.1) is 0 Å². The molecular weight excluding hydrogens is 330 g/mol. The smallest absolute Gasteiger partial charge is 0.273 e. The Bertz CT molecular complexity index is 637. The summed E-state index contributed by atoms with van der Waals surface area (Å²) in [4.78, 5) is 16.3. The fourth-order valence-electron chi connectivity index (χ4n) is 1.94. The number of aromatic nitrogens is 2. The average molecular weight is 341 g/mol. The Morgan fingerprint density at radius 1 is 1.47 bits per heavy atom. The maximum atomic E-state index is 12.3. The van der Waals surface area contributed by atoms with Crippen LogP contribution < -0.4 is 5.32 Å². The van der Waals surface area contributed by atoms with Crippen molar-refractivity contribution in [2.75, 3.05) is 5.32 Å². The van der Waals surface area contributed by atoms with Crippen molar-refractivity contribution in [3.05, 3.63) is 45.8 Å². The van der Waals surface area contributed by atoms with Crippen molar-refractivity contribution in [2.24, 2.45) is 0 Å². The van der Waals surface area contributed by atoms with E-state index in [1.54, 1.807) is 18.3 Å². The molecule has 1 saturated carbocycles. The molecule has 4 nitrogen and oxygen atoms in total. The first kappa shape index (κ1) is 12.7. The van der Waals surface area contributed by atoms with Crippen LogP contribution in [0.25, 0.3) is 0 Å². The Hall–Kier alpha value is -1.33. The highest BCUT2D eigenvalue weighted by Crippen LogP contribution is 2.37. The van der Waals surface area contributed by atoms with E-state index < -0.39 is 0 Å². The van der Waals surface area contributed by atoms with Crippen molar-refractivity contribution in [1.82, 2.24) is 9.55 Å². The molecule has 0 spiro atoms. The summed E-state index contributed by atoms with van der Waals surface area (Å²) >= 11 is 9.27. The zero-order valence-electron chi connectivity index (χ0n) is 9.94. The van der Waals surface area contributed by atoms with Crippen molar-refractivity contribution in [1.29, 1.82) is 0 Å². The molecule has 0 aliphatic heterocycles. The maximum Gasteiger partial charge on any atom is 0.273 e. The van der Waals surface area contributed by atoms with Crippen molar-refractivity contribution in [3.63, 3.8) is 0 Å². The van der Waals surface area contributed by atoms with Crippen LogP contribution in [0.4, 0.5) is 5.82 Å². The summed E-state index contributed by atoms with van der Waals surface area (Å²) in [6.45, 7) is 0. The minimum absolute atomic E-state index is 0.174. The lowest BCUT2D eigenvalue weighted by Gasteiger charge is -2.08. The van der Waals surface area contributed by atoms with E-state index in [1.165, 1.54) is 0 Å². The van der Waals surface area contributed by atoms with Crippen LogP contribution in [0.3, 0.4) is 0 Å². The van der Waals surface area contributed by atoms with Crippen molar-refractivity contribution in [2.45, 2.75) is 18.9 Å². The number of anilines is 1. The first-order valence-electron chi connectivity index (χ1n) is 5.94. The number of hydrogen-bond acceptors (Lipinski definition) is 2. The largest absolute Gasteiger partial charge is 0.339 e. The van der Waals surface area contributed by atoms with Gasteiger partial charge in [-0.05, 0) is 47.0 Å². The lowest BCUT2D eigenvalue weighted by molar-refractivity contribution is 0.101. The van der Waals surface area contributed by atoms with Crippen LogP contribution in [-0.4, -0.2) is 15.5 Å². The molecule has 6 heteroatoms. The highest BCUT2D eigenvalue weighted by molar-refractivity contribution is 9.10. The van der Waals surface area contributed by atoms with E-state index >= 15 is 0 Å². The molecule has 0 radical (unpaired) electrons.